The molecule has 0 radical (unpaired) electrons. The largest absolute Gasteiger partial charge is 0.478 e. The molecule has 0 spiro atoms. The van der Waals surface area contributed by atoms with E-state index in [1.807, 2.05) is 17.0 Å². The van der Waals surface area contributed by atoms with Gasteiger partial charge in [0.05, 0.1) is 0 Å². The van der Waals surface area contributed by atoms with E-state index >= 15 is 0 Å². The van der Waals surface area contributed by atoms with Crippen molar-refractivity contribution in [1.29, 1.82) is 0 Å². The summed E-state index contributed by atoms with van der Waals surface area (Å²) in [5.74, 6) is 0.272. The van der Waals surface area contributed by atoms with Gasteiger partial charge in [0.15, 0.2) is 0 Å². The summed E-state index contributed by atoms with van der Waals surface area (Å²) in [7, 11) is 0. The first kappa shape index (κ1) is 28.5. The third-order valence-corrected chi connectivity index (χ3v) is 6.24. The number of carbonyl (C=O) groups excluding carboxylic acids is 3. The third-order valence-electron chi connectivity index (χ3n) is 6.24. The molecule has 1 fully saturated rings. The summed E-state index contributed by atoms with van der Waals surface area (Å²) in [6, 6.07) is 3.82. The minimum atomic E-state index is -0.994. The van der Waals surface area contributed by atoms with Crippen molar-refractivity contribution in [2.45, 2.75) is 44.9 Å². The van der Waals surface area contributed by atoms with Crippen LogP contribution in [0.1, 0.15) is 54.4 Å². The summed E-state index contributed by atoms with van der Waals surface area (Å²) in [5.41, 5.74) is 3.59. The predicted octanol–water partition coefficient (Wildman–Crippen LogP) is 3.48. The molecule has 3 N–H and O–H groups in total. The molecule has 0 aliphatic carbocycles. The van der Waals surface area contributed by atoms with Crippen LogP contribution in [-0.4, -0.2) is 56.8 Å². The van der Waals surface area contributed by atoms with Gasteiger partial charge in [-0.15, -0.1) is 12.4 Å². The van der Waals surface area contributed by atoms with Crippen LogP contribution >= 0.6 is 12.4 Å². The van der Waals surface area contributed by atoms with Gasteiger partial charge in [0.25, 0.3) is 0 Å². The second-order valence-corrected chi connectivity index (χ2v) is 9.04. The quantitative estimate of drug-likeness (QED) is 0.505. The Balaban J connectivity index is 0.000000213. The Labute approximate surface area is 226 Å². The van der Waals surface area contributed by atoms with E-state index in [9.17, 15) is 19.2 Å². The first-order valence-electron chi connectivity index (χ1n) is 12.3. The Bertz CT molecular complexity index is 1270. The number of aryl methyl sites for hydroxylation is 2. The van der Waals surface area contributed by atoms with Gasteiger partial charge >= 0.3 is 5.97 Å². The number of aliphatic carboxylic acids is 1. The monoisotopic (exact) mass is 539 g/mol. The number of pyridine rings is 2. The zero-order chi connectivity index (χ0) is 26.2. The van der Waals surface area contributed by atoms with E-state index < -0.39 is 5.97 Å². The second kappa shape index (κ2) is 13.5. The van der Waals surface area contributed by atoms with Crippen LogP contribution in [0.15, 0.2) is 36.7 Å². The van der Waals surface area contributed by atoms with Crippen LogP contribution in [-0.2, 0) is 32.0 Å². The van der Waals surface area contributed by atoms with Gasteiger partial charge < -0.3 is 20.6 Å². The third kappa shape index (κ3) is 7.97. The van der Waals surface area contributed by atoms with Gasteiger partial charge in [-0.3, -0.25) is 14.4 Å². The zero-order valence-corrected chi connectivity index (χ0v) is 21.6. The van der Waals surface area contributed by atoms with Gasteiger partial charge in [-0.25, -0.2) is 14.8 Å². The maximum absolute atomic E-state index is 12.1. The van der Waals surface area contributed by atoms with Crippen LogP contribution in [0.4, 0.5) is 11.6 Å². The number of hydrogen-bond donors (Lipinski definition) is 3. The lowest BCUT2D eigenvalue weighted by molar-refractivity contribution is -0.131. The number of aromatic nitrogens is 2. The molecule has 3 aliphatic heterocycles. The van der Waals surface area contributed by atoms with Crippen LogP contribution in [0.5, 0.6) is 0 Å². The maximum atomic E-state index is 12.1. The van der Waals surface area contributed by atoms with Crippen molar-refractivity contribution in [2.75, 3.05) is 23.7 Å². The molecule has 5 rings (SSSR count). The molecule has 0 atom stereocenters. The first-order valence-corrected chi connectivity index (χ1v) is 12.3. The molecule has 0 unspecified atom stereocenters. The van der Waals surface area contributed by atoms with Crippen molar-refractivity contribution in [2.24, 2.45) is 0 Å². The molecule has 2 aromatic rings. The fourth-order valence-corrected chi connectivity index (χ4v) is 4.29. The zero-order valence-electron chi connectivity index (χ0n) is 20.8. The number of carbonyl (C=O) groups is 4. The number of likely N-dealkylation sites (tertiary alicyclic amines) is 1. The van der Waals surface area contributed by atoms with E-state index in [-0.39, 0.29) is 30.1 Å². The Morgan fingerprint density at radius 1 is 0.789 bits per heavy atom. The van der Waals surface area contributed by atoms with Gasteiger partial charge in [0.1, 0.15) is 11.6 Å². The molecule has 0 aromatic carbocycles. The highest BCUT2D eigenvalue weighted by Gasteiger charge is 2.17. The number of rotatable bonds is 4. The van der Waals surface area contributed by atoms with Crippen molar-refractivity contribution < 1.29 is 24.3 Å². The van der Waals surface area contributed by atoms with E-state index in [1.165, 1.54) is 18.7 Å². The number of nitrogens with one attached hydrogen (secondary N) is 2. The molecule has 3 amide bonds. The summed E-state index contributed by atoms with van der Waals surface area (Å²) in [4.78, 5) is 55.0. The highest BCUT2D eigenvalue weighted by Crippen LogP contribution is 2.22. The fourth-order valence-electron chi connectivity index (χ4n) is 4.29. The van der Waals surface area contributed by atoms with Crippen molar-refractivity contribution in [1.82, 2.24) is 14.9 Å². The normalized spacial score (nSPS) is 16.4. The van der Waals surface area contributed by atoms with E-state index in [1.54, 1.807) is 18.3 Å². The lowest BCUT2D eigenvalue weighted by Gasteiger charge is -2.25. The van der Waals surface area contributed by atoms with Gasteiger partial charge in [-0.2, -0.15) is 0 Å². The van der Waals surface area contributed by atoms with Gasteiger partial charge in [0.2, 0.25) is 17.7 Å². The number of carboxylic acid groups (broad SMARTS) is 1. The molecule has 10 nitrogen and oxygen atoms in total. The minimum Gasteiger partial charge on any atom is -0.478 e. The lowest BCUT2D eigenvalue weighted by Crippen LogP contribution is -2.34. The van der Waals surface area contributed by atoms with E-state index in [2.05, 4.69) is 20.6 Å². The lowest BCUT2D eigenvalue weighted by atomic mass is 10.0. The minimum absolute atomic E-state index is 0. The molecular weight excluding hydrogens is 510 g/mol. The van der Waals surface area contributed by atoms with E-state index in [4.69, 9.17) is 5.11 Å². The van der Waals surface area contributed by atoms with Crippen molar-refractivity contribution >= 4 is 59.9 Å². The van der Waals surface area contributed by atoms with E-state index in [0.29, 0.717) is 37.3 Å². The van der Waals surface area contributed by atoms with E-state index in [0.717, 1.165) is 54.3 Å². The molecule has 200 valence electrons. The highest BCUT2D eigenvalue weighted by molar-refractivity contribution is 5.94. The SMILES string of the molecule is Cl.O=C(O)/C=C/c1cnc2c(c1)CCC(=O)N2.O=C1CCc2cc(/C=C/C(=O)N3CCCCC3)cnc2N1. The molecule has 11 heteroatoms. The molecule has 38 heavy (non-hydrogen) atoms. The second-order valence-electron chi connectivity index (χ2n) is 9.04. The standard InChI is InChI=1S/C16H19N3O2.C11H10N2O3.ClH/c20-14-6-5-13-10-12(11-17-16(13)18-14)4-7-15(21)19-8-2-1-3-9-19;14-9-3-2-8-5-7(1-4-10(15)16)6-12-11(8)13-9;/h4,7,10-11H,1-3,5-6,8-9H2,(H,17,18,20);1,4-6H,2-3H2,(H,15,16)(H,12,13,14);1H/b7-4+;4-1+;. The van der Waals surface area contributed by atoms with Crippen molar-refractivity contribution in [3.05, 3.63) is 58.9 Å². The van der Waals surface area contributed by atoms with Crippen molar-refractivity contribution in [3.63, 3.8) is 0 Å². The molecule has 2 aromatic heterocycles. The molecule has 0 bridgehead atoms. The van der Waals surface area contributed by atoms with Crippen LogP contribution in [0.25, 0.3) is 12.2 Å². The first-order chi connectivity index (χ1) is 17.9. The van der Waals surface area contributed by atoms with Crippen LogP contribution in [0.2, 0.25) is 0 Å². The summed E-state index contributed by atoms with van der Waals surface area (Å²) < 4.78 is 0. The van der Waals surface area contributed by atoms with Crippen LogP contribution < -0.4 is 10.6 Å². The van der Waals surface area contributed by atoms with Crippen molar-refractivity contribution in [3.8, 4) is 0 Å². The number of halogens is 1. The van der Waals surface area contributed by atoms with Gasteiger partial charge in [-0.1, -0.05) is 0 Å². The number of fused-ring (bicyclic) bond motifs is 2. The smallest absolute Gasteiger partial charge is 0.328 e. The van der Waals surface area contributed by atoms with Gasteiger partial charge in [-0.05, 0) is 78.6 Å². The number of carboxylic acids is 1. The number of amides is 3. The molecule has 5 heterocycles. The molecule has 3 aliphatic rings. The highest BCUT2D eigenvalue weighted by atomic mass is 35.5. The topological polar surface area (TPSA) is 142 Å². The molecule has 1 saturated heterocycles. The Morgan fingerprint density at radius 3 is 1.79 bits per heavy atom. The number of anilines is 2. The Kier molecular flexibility index (Phi) is 10.1. The summed E-state index contributed by atoms with van der Waals surface area (Å²) in [5, 5.41) is 13.9. The fraction of sp³-hybridized carbons (Fsp3) is 0.333. The number of piperidine rings is 1. The number of hydrogen-bond acceptors (Lipinski definition) is 6. The van der Waals surface area contributed by atoms with Crippen LogP contribution in [0.3, 0.4) is 0 Å². The molecular formula is C27H30ClN5O5. The Hall–Kier alpha value is -4.05. The summed E-state index contributed by atoms with van der Waals surface area (Å²) in [6.45, 7) is 1.72. The summed E-state index contributed by atoms with van der Waals surface area (Å²) in [6.07, 6.45) is 14.9. The van der Waals surface area contributed by atoms with Gasteiger partial charge in [0, 0.05) is 50.5 Å². The predicted molar refractivity (Wildman–Crippen MR) is 146 cm³/mol. The molecule has 0 saturated carbocycles. The van der Waals surface area contributed by atoms with Crippen LogP contribution in [0, 0.1) is 0 Å². The average Bonchev–Trinajstić information content (AvgIpc) is 2.91. The number of nitrogens with zero attached hydrogens (tertiary/aromatic N) is 3. The average molecular weight is 540 g/mol. The summed E-state index contributed by atoms with van der Waals surface area (Å²) >= 11 is 0. The maximum Gasteiger partial charge on any atom is 0.328 e. The Morgan fingerprint density at radius 2 is 1.29 bits per heavy atom.